The molecule has 4 aromatic rings. The molecule has 1 aliphatic rings. The van der Waals surface area contributed by atoms with E-state index in [0.717, 1.165) is 35.4 Å². The summed E-state index contributed by atoms with van der Waals surface area (Å²) >= 11 is 1.09. The van der Waals surface area contributed by atoms with E-state index in [0.29, 0.717) is 28.3 Å². The number of ether oxygens (including phenoxy) is 3. The Balaban J connectivity index is 1.22. The second kappa shape index (κ2) is 10.7. The summed E-state index contributed by atoms with van der Waals surface area (Å²) in [7, 11) is 1.59. The Bertz CT molecular complexity index is 1440. The van der Waals surface area contributed by atoms with Gasteiger partial charge in [0.15, 0.2) is 0 Å². The number of aryl methyl sites for hydroxylation is 1. The molecule has 5 rings (SSSR count). The van der Waals surface area contributed by atoms with Crippen molar-refractivity contribution in [1.29, 1.82) is 0 Å². The number of para-hydroxylation sites is 1. The van der Waals surface area contributed by atoms with E-state index in [1.807, 2.05) is 37.3 Å². The van der Waals surface area contributed by atoms with Gasteiger partial charge in [0, 0.05) is 23.0 Å². The third-order valence-electron chi connectivity index (χ3n) is 5.58. The molecule has 37 heavy (non-hydrogen) atoms. The highest BCUT2D eigenvalue weighted by Gasteiger charge is 2.31. The van der Waals surface area contributed by atoms with Crippen LogP contribution in [0.15, 0.2) is 54.9 Å². The maximum atomic E-state index is 13.1. The van der Waals surface area contributed by atoms with E-state index < -0.39 is 0 Å². The minimum absolute atomic E-state index is 0.0186. The largest absolute Gasteiger partial charge is 0.496 e. The average molecular weight is 518 g/mol. The van der Waals surface area contributed by atoms with Gasteiger partial charge in [-0.25, -0.2) is 0 Å². The zero-order valence-electron chi connectivity index (χ0n) is 20.1. The SMILES string of the molecule is COc1ccccc1-c1cc(C)ncc1C(=O)Nc1nnc(OCc2ccc(OC(=O)C3CC3)cn2)s1. The van der Waals surface area contributed by atoms with Crippen molar-refractivity contribution in [3.63, 3.8) is 0 Å². The third-order valence-corrected chi connectivity index (χ3v) is 6.33. The lowest BCUT2D eigenvalue weighted by molar-refractivity contribution is -0.135. The van der Waals surface area contributed by atoms with E-state index >= 15 is 0 Å². The van der Waals surface area contributed by atoms with E-state index in [4.69, 9.17) is 14.2 Å². The molecule has 1 N–H and O–H groups in total. The molecule has 0 aliphatic heterocycles. The number of methoxy groups -OCH3 is 1. The van der Waals surface area contributed by atoms with Gasteiger partial charge in [0.1, 0.15) is 18.1 Å². The monoisotopic (exact) mass is 517 g/mol. The van der Waals surface area contributed by atoms with E-state index in [9.17, 15) is 9.59 Å². The number of aromatic nitrogens is 4. The fourth-order valence-electron chi connectivity index (χ4n) is 3.52. The van der Waals surface area contributed by atoms with Gasteiger partial charge in [-0.1, -0.05) is 23.3 Å². The number of hydrogen-bond acceptors (Lipinski definition) is 10. The van der Waals surface area contributed by atoms with Crippen molar-refractivity contribution in [3.05, 3.63) is 71.8 Å². The highest BCUT2D eigenvalue weighted by Crippen LogP contribution is 2.33. The van der Waals surface area contributed by atoms with Crippen LogP contribution in [0.1, 0.15) is 34.6 Å². The van der Waals surface area contributed by atoms with Crippen LogP contribution in [0, 0.1) is 12.8 Å². The van der Waals surface area contributed by atoms with E-state index in [1.54, 1.807) is 19.2 Å². The maximum Gasteiger partial charge on any atom is 0.314 e. The van der Waals surface area contributed by atoms with Crippen LogP contribution in [-0.2, 0) is 11.4 Å². The second-order valence-corrected chi connectivity index (χ2v) is 9.31. The zero-order chi connectivity index (χ0) is 25.8. The molecule has 1 amide bonds. The molecular formula is C26H23N5O5S. The fraction of sp³-hybridized carbons (Fsp3) is 0.231. The summed E-state index contributed by atoms with van der Waals surface area (Å²) in [5.41, 5.74) is 3.24. The number of hydrogen-bond donors (Lipinski definition) is 1. The number of amides is 1. The fourth-order valence-corrected chi connectivity index (χ4v) is 4.11. The van der Waals surface area contributed by atoms with Gasteiger partial charge in [0.25, 0.3) is 11.1 Å². The molecule has 188 valence electrons. The summed E-state index contributed by atoms with van der Waals surface area (Å²) in [6.07, 6.45) is 4.78. The molecule has 3 aromatic heterocycles. The number of esters is 1. The van der Waals surface area contributed by atoms with Gasteiger partial charge in [0.05, 0.1) is 30.5 Å². The Kier molecular flexibility index (Phi) is 7.04. The molecule has 1 fully saturated rings. The van der Waals surface area contributed by atoms with E-state index in [1.165, 1.54) is 12.4 Å². The van der Waals surface area contributed by atoms with Crippen LogP contribution >= 0.6 is 11.3 Å². The Morgan fingerprint density at radius 1 is 1.05 bits per heavy atom. The van der Waals surface area contributed by atoms with Crippen molar-refractivity contribution in [2.24, 2.45) is 5.92 Å². The topological polar surface area (TPSA) is 125 Å². The van der Waals surface area contributed by atoms with Crippen LogP contribution in [0.5, 0.6) is 16.7 Å². The van der Waals surface area contributed by atoms with E-state index in [2.05, 4.69) is 25.5 Å². The van der Waals surface area contributed by atoms with Crippen molar-refractivity contribution < 1.29 is 23.8 Å². The van der Waals surface area contributed by atoms with Gasteiger partial charge in [-0.3, -0.25) is 24.9 Å². The van der Waals surface area contributed by atoms with Crippen molar-refractivity contribution >= 4 is 28.3 Å². The minimum atomic E-state index is -0.380. The van der Waals surface area contributed by atoms with Gasteiger partial charge in [0.2, 0.25) is 5.13 Å². The molecular weight excluding hydrogens is 494 g/mol. The number of rotatable bonds is 9. The number of carbonyl (C=O) groups excluding carboxylic acids is 2. The van der Waals surface area contributed by atoms with Crippen molar-refractivity contribution in [1.82, 2.24) is 20.2 Å². The molecule has 0 radical (unpaired) electrons. The molecule has 11 heteroatoms. The molecule has 10 nitrogen and oxygen atoms in total. The molecule has 0 spiro atoms. The third kappa shape index (κ3) is 5.89. The number of benzene rings is 1. The number of nitrogens with one attached hydrogen (secondary N) is 1. The van der Waals surface area contributed by atoms with Crippen molar-refractivity contribution in [2.75, 3.05) is 12.4 Å². The first-order valence-electron chi connectivity index (χ1n) is 11.5. The first kappa shape index (κ1) is 24.3. The van der Waals surface area contributed by atoms with Crippen LogP contribution in [-0.4, -0.2) is 39.2 Å². The molecule has 1 aliphatic carbocycles. The van der Waals surface area contributed by atoms with Gasteiger partial charge in [-0.2, -0.15) is 0 Å². The van der Waals surface area contributed by atoms with Crippen LogP contribution in [0.2, 0.25) is 0 Å². The van der Waals surface area contributed by atoms with Crippen LogP contribution in [0.3, 0.4) is 0 Å². The number of nitrogens with zero attached hydrogens (tertiary/aromatic N) is 4. The quantitative estimate of drug-likeness (QED) is 0.320. The predicted octanol–water partition coefficient (Wildman–Crippen LogP) is 4.46. The molecule has 1 aromatic carbocycles. The summed E-state index contributed by atoms with van der Waals surface area (Å²) < 4.78 is 16.4. The van der Waals surface area contributed by atoms with Crippen molar-refractivity contribution in [2.45, 2.75) is 26.4 Å². The van der Waals surface area contributed by atoms with E-state index in [-0.39, 0.29) is 34.7 Å². The summed E-state index contributed by atoms with van der Waals surface area (Å²) in [4.78, 5) is 33.4. The van der Waals surface area contributed by atoms with Crippen LogP contribution < -0.4 is 19.5 Å². The molecule has 0 bridgehead atoms. The average Bonchev–Trinajstić information content (AvgIpc) is 3.68. The van der Waals surface area contributed by atoms with Crippen LogP contribution in [0.4, 0.5) is 5.13 Å². The summed E-state index contributed by atoms with van der Waals surface area (Å²) in [5.74, 6) is 0.473. The summed E-state index contributed by atoms with van der Waals surface area (Å²) in [5, 5.41) is 11.3. The lowest BCUT2D eigenvalue weighted by atomic mass is 9.99. The Labute approximate surface area is 216 Å². The normalized spacial score (nSPS) is 12.6. The van der Waals surface area contributed by atoms with Gasteiger partial charge in [-0.05, 0) is 55.4 Å². The molecule has 0 saturated heterocycles. The lowest BCUT2D eigenvalue weighted by Crippen LogP contribution is -2.14. The molecule has 0 atom stereocenters. The molecule has 1 saturated carbocycles. The van der Waals surface area contributed by atoms with Gasteiger partial charge >= 0.3 is 5.97 Å². The maximum absolute atomic E-state index is 13.1. The lowest BCUT2D eigenvalue weighted by Gasteiger charge is -2.13. The number of anilines is 1. The van der Waals surface area contributed by atoms with Crippen LogP contribution in [0.25, 0.3) is 11.1 Å². The molecule has 0 unspecified atom stereocenters. The van der Waals surface area contributed by atoms with Gasteiger partial charge in [-0.15, -0.1) is 5.10 Å². The Morgan fingerprint density at radius 2 is 1.89 bits per heavy atom. The van der Waals surface area contributed by atoms with Gasteiger partial charge < -0.3 is 14.2 Å². The second-order valence-electron chi connectivity index (χ2n) is 8.37. The van der Waals surface area contributed by atoms with Crippen molar-refractivity contribution in [3.8, 4) is 27.8 Å². The first-order chi connectivity index (χ1) is 18.0. The first-order valence-corrected chi connectivity index (χ1v) is 12.4. The highest BCUT2D eigenvalue weighted by atomic mass is 32.1. The standard InChI is InChI=1S/C26H23N5O5S/c1-15-11-20(19-5-3-4-6-22(19)34-2)21(13-27-15)23(32)29-25-30-31-26(37-25)35-14-17-9-10-18(12-28-17)36-24(33)16-7-8-16/h3-6,9-13,16H,7-8,14H2,1-2H3,(H,29,30,32). The minimum Gasteiger partial charge on any atom is -0.496 e. The zero-order valence-corrected chi connectivity index (χ0v) is 20.9. The highest BCUT2D eigenvalue weighted by molar-refractivity contribution is 7.17. The Morgan fingerprint density at radius 3 is 2.65 bits per heavy atom. The molecule has 3 heterocycles. The Hall–Kier alpha value is -4.38. The smallest absolute Gasteiger partial charge is 0.314 e. The summed E-state index contributed by atoms with van der Waals surface area (Å²) in [6.45, 7) is 2.00. The number of carbonyl (C=O) groups is 2. The predicted molar refractivity (Wildman–Crippen MR) is 136 cm³/mol. The summed E-state index contributed by atoms with van der Waals surface area (Å²) in [6, 6.07) is 12.7. The number of pyridine rings is 2.